The van der Waals surface area contributed by atoms with Gasteiger partial charge in [0.15, 0.2) is 0 Å². The third-order valence-corrected chi connectivity index (χ3v) is 5.36. The number of hydrogen-bond donors (Lipinski definition) is 1. The van der Waals surface area contributed by atoms with E-state index >= 15 is 0 Å². The van der Waals surface area contributed by atoms with Crippen LogP contribution in [-0.2, 0) is 0 Å². The van der Waals surface area contributed by atoms with Gasteiger partial charge in [-0.2, -0.15) is 5.10 Å². The van der Waals surface area contributed by atoms with E-state index in [0.717, 1.165) is 5.56 Å². The largest absolute Gasteiger partial charge is 0.506 e. The van der Waals surface area contributed by atoms with Gasteiger partial charge in [-0.15, -0.1) is 5.10 Å². The van der Waals surface area contributed by atoms with Crippen molar-refractivity contribution in [1.29, 1.82) is 0 Å². The summed E-state index contributed by atoms with van der Waals surface area (Å²) in [6, 6.07) is 14.0. The highest BCUT2D eigenvalue weighted by atomic mass is 35.5. The molecule has 2 aromatic carbocycles. The lowest BCUT2D eigenvalue weighted by Gasteiger charge is -2.08. The molecule has 1 N–H and O–H groups in total. The van der Waals surface area contributed by atoms with Crippen LogP contribution in [0.3, 0.4) is 0 Å². The molecule has 140 valence electrons. The minimum Gasteiger partial charge on any atom is -0.506 e. The summed E-state index contributed by atoms with van der Waals surface area (Å²) in [5.41, 5.74) is 1.03. The summed E-state index contributed by atoms with van der Waals surface area (Å²) in [5.74, 6) is -0.135. The van der Waals surface area contributed by atoms with E-state index in [4.69, 9.17) is 16.0 Å². The first-order chi connectivity index (χ1) is 13.5. The second-order valence-corrected chi connectivity index (χ2v) is 7.79. The molecule has 1 atom stereocenters. The van der Waals surface area contributed by atoms with Crippen molar-refractivity contribution in [1.82, 2.24) is 0 Å². The van der Waals surface area contributed by atoms with Crippen molar-refractivity contribution >= 4 is 51.4 Å². The summed E-state index contributed by atoms with van der Waals surface area (Å²) in [6.45, 7) is 1.88. The number of amidine groups is 1. The van der Waals surface area contributed by atoms with E-state index in [1.807, 2.05) is 19.1 Å². The van der Waals surface area contributed by atoms with Crippen LogP contribution >= 0.6 is 23.4 Å². The lowest BCUT2D eigenvalue weighted by molar-refractivity contribution is 0.466. The second kappa shape index (κ2) is 7.61. The van der Waals surface area contributed by atoms with Crippen LogP contribution in [0, 0.1) is 0 Å². The van der Waals surface area contributed by atoms with Crippen molar-refractivity contribution in [3.63, 3.8) is 0 Å². The molecule has 2 heterocycles. The molecule has 3 aromatic rings. The van der Waals surface area contributed by atoms with E-state index < -0.39 is 5.63 Å². The number of fused-ring (bicyclic) bond motifs is 1. The fourth-order valence-electron chi connectivity index (χ4n) is 2.79. The minimum atomic E-state index is -0.631. The first kappa shape index (κ1) is 18.5. The van der Waals surface area contributed by atoms with Gasteiger partial charge in [0.05, 0.1) is 22.6 Å². The molecule has 0 amide bonds. The average Bonchev–Trinajstić information content (AvgIpc) is 3.04. The van der Waals surface area contributed by atoms with E-state index in [0.29, 0.717) is 26.9 Å². The highest BCUT2D eigenvalue weighted by molar-refractivity contribution is 8.15. The highest BCUT2D eigenvalue weighted by Gasteiger charge is 2.29. The summed E-state index contributed by atoms with van der Waals surface area (Å²) in [4.78, 5) is 16.8. The lowest BCUT2D eigenvalue weighted by atomic mass is 10.1. The van der Waals surface area contributed by atoms with Gasteiger partial charge in [-0.1, -0.05) is 47.6 Å². The zero-order valence-corrected chi connectivity index (χ0v) is 16.2. The molecule has 4 rings (SSSR count). The summed E-state index contributed by atoms with van der Waals surface area (Å²) in [7, 11) is 0. The van der Waals surface area contributed by atoms with E-state index in [1.165, 1.54) is 11.8 Å². The number of benzene rings is 2. The van der Waals surface area contributed by atoms with E-state index in [2.05, 4.69) is 15.2 Å². The van der Waals surface area contributed by atoms with Crippen LogP contribution in [0.2, 0.25) is 5.02 Å². The van der Waals surface area contributed by atoms with E-state index in [-0.39, 0.29) is 16.6 Å². The van der Waals surface area contributed by atoms with Crippen molar-refractivity contribution in [3.05, 3.63) is 75.1 Å². The molecule has 0 radical (unpaired) electrons. The molecule has 1 aliphatic heterocycles. The SMILES string of the molecule is C[C@H]1S/C(=N/N=C\c2ccc(Cl)cc2)N=C1c1c(O)c2ccccc2oc1=O. The molecule has 28 heavy (non-hydrogen) atoms. The Balaban J connectivity index is 1.68. The van der Waals surface area contributed by atoms with Gasteiger partial charge >= 0.3 is 5.63 Å². The highest BCUT2D eigenvalue weighted by Crippen LogP contribution is 2.32. The van der Waals surface area contributed by atoms with Gasteiger partial charge in [0.1, 0.15) is 16.9 Å². The molecule has 1 aromatic heterocycles. The van der Waals surface area contributed by atoms with E-state index in [1.54, 1.807) is 42.6 Å². The van der Waals surface area contributed by atoms with Gasteiger partial charge in [0, 0.05) is 5.02 Å². The third kappa shape index (κ3) is 3.58. The number of aromatic hydroxyl groups is 1. The van der Waals surface area contributed by atoms with Crippen LogP contribution in [0.25, 0.3) is 11.0 Å². The Hall–Kier alpha value is -2.90. The Bertz CT molecular complexity index is 1200. The van der Waals surface area contributed by atoms with Gasteiger partial charge in [-0.3, -0.25) is 0 Å². The van der Waals surface area contributed by atoms with Gasteiger partial charge in [0.2, 0.25) is 5.17 Å². The second-order valence-electron chi connectivity index (χ2n) is 6.05. The molecule has 0 bridgehead atoms. The monoisotopic (exact) mass is 411 g/mol. The maximum Gasteiger partial charge on any atom is 0.349 e. The number of aliphatic imine (C=N–C) groups is 1. The molecule has 1 aliphatic rings. The molecule has 6 nitrogen and oxygen atoms in total. The number of halogens is 1. The standard InChI is InChI=1S/C20H14ClN3O3S/c1-11-17(16-18(25)14-4-2-3-5-15(14)27-19(16)26)23-20(28-11)24-22-10-12-6-8-13(21)9-7-12/h2-11,25H,1H3/b22-10-,24-20+/t11-/m1/s1. The number of para-hydroxylation sites is 1. The predicted molar refractivity (Wildman–Crippen MR) is 114 cm³/mol. The van der Waals surface area contributed by atoms with Crippen molar-refractivity contribution < 1.29 is 9.52 Å². The van der Waals surface area contributed by atoms with Gasteiger partial charge < -0.3 is 9.52 Å². The zero-order valence-electron chi connectivity index (χ0n) is 14.7. The molecule has 0 aliphatic carbocycles. The van der Waals surface area contributed by atoms with Gasteiger partial charge in [0.25, 0.3) is 0 Å². The molecule has 0 unspecified atom stereocenters. The van der Waals surface area contributed by atoms with Crippen LogP contribution in [-0.4, -0.2) is 27.5 Å². The van der Waals surface area contributed by atoms with Crippen LogP contribution in [0.15, 0.2) is 72.9 Å². The number of hydrogen-bond acceptors (Lipinski definition) is 6. The minimum absolute atomic E-state index is 0.0607. The zero-order chi connectivity index (χ0) is 19.7. The normalized spacial score (nSPS) is 18.3. The first-order valence-corrected chi connectivity index (χ1v) is 9.65. The molecular formula is C20H14ClN3O3S. The summed E-state index contributed by atoms with van der Waals surface area (Å²) < 4.78 is 5.33. The summed E-state index contributed by atoms with van der Waals surface area (Å²) >= 11 is 7.20. The Morgan fingerprint density at radius 2 is 1.96 bits per heavy atom. The van der Waals surface area contributed by atoms with E-state index in [9.17, 15) is 9.90 Å². The third-order valence-electron chi connectivity index (χ3n) is 4.15. The number of rotatable bonds is 3. The fourth-order valence-corrected chi connectivity index (χ4v) is 3.76. The number of nitrogens with zero attached hydrogens (tertiary/aromatic N) is 3. The van der Waals surface area contributed by atoms with Crippen LogP contribution < -0.4 is 5.63 Å². The Morgan fingerprint density at radius 3 is 2.75 bits per heavy atom. The van der Waals surface area contributed by atoms with Crippen molar-refractivity contribution in [2.24, 2.45) is 15.2 Å². The number of thioether (sulfide) groups is 1. The Labute approximate surface area is 169 Å². The smallest absolute Gasteiger partial charge is 0.349 e. The molecule has 8 heteroatoms. The van der Waals surface area contributed by atoms with Crippen molar-refractivity contribution in [2.75, 3.05) is 0 Å². The summed E-state index contributed by atoms with van der Waals surface area (Å²) in [6.07, 6.45) is 1.59. The summed E-state index contributed by atoms with van der Waals surface area (Å²) in [5, 5.41) is 20.1. The maximum absolute atomic E-state index is 12.4. The first-order valence-electron chi connectivity index (χ1n) is 8.40. The fraction of sp³-hybridized carbons (Fsp3) is 0.100. The van der Waals surface area contributed by atoms with Gasteiger partial charge in [-0.05, 0) is 36.8 Å². The average molecular weight is 412 g/mol. The van der Waals surface area contributed by atoms with Crippen molar-refractivity contribution in [3.8, 4) is 5.75 Å². The lowest BCUT2D eigenvalue weighted by Crippen LogP contribution is -2.20. The maximum atomic E-state index is 12.4. The molecule has 0 fully saturated rings. The van der Waals surface area contributed by atoms with Gasteiger partial charge in [-0.25, -0.2) is 9.79 Å². The van der Waals surface area contributed by atoms with Crippen LogP contribution in [0.1, 0.15) is 18.1 Å². The molecule has 0 saturated carbocycles. The van der Waals surface area contributed by atoms with Crippen molar-refractivity contribution in [2.45, 2.75) is 12.2 Å². The molecule has 0 saturated heterocycles. The topological polar surface area (TPSA) is 87.5 Å². The molecule has 0 spiro atoms. The quantitative estimate of drug-likeness (QED) is 0.391. The predicted octanol–water partition coefficient (Wildman–Crippen LogP) is 4.47. The van der Waals surface area contributed by atoms with Crippen LogP contribution in [0.4, 0.5) is 0 Å². The Kier molecular flexibility index (Phi) is 5.02. The molecular weight excluding hydrogens is 398 g/mol. The Morgan fingerprint density at radius 1 is 1.21 bits per heavy atom. The van der Waals surface area contributed by atoms with Crippen LogP contribution in [0.5, 0.6) is 5.75 Å².